The van der Waals surface area contributed by atoms with Gasteiger partial charge in [0.15, 0.2) is 0 Å². The molecule has 21 heavy (non-hydrogen) atoms. The average Bonchev–Trinajstić information content (AvgIpc) is 2.37. The number of nitrogens with one attached hydrogen (secondary N) is 1. The first-order valence-corrected chi connectivity index (χ1v) is 8.18. The molecule has 120 valence electrons. The molecule has 0 aliphatic heterocycles. The molecule has 0 saturated carbocycles. The number of rotatable bonds is 7. The number of benzene rings is 1. The van der Waals surface area contributed by atoms with Gasteiger partial charge in [0.2, 0.25) is 0 Å². The highest BCUT2D eigenvalue weighted by Gasteiger charge is 2.32. The van der Waals surface area contributed by atoms with Crippen LogP contribution in [0.2, 0.25) is 5.02 Å². The summed E-state index contributed by atoms with van der Waals surface area (Å²) in [5.74, 6) is 0. The fraction of sp³-hybridized carbons (Fsp3) is 0.667. The van der Waals surface area contributed by atoms with E-state index in [9.17, 15) is 0 Å². The maximum Gasteiger partial charge on any atom is 0.0775 e. The minimum Gasteiger partial charge on any atom is -0.379 e. The number of ether oxygens (including phenoxy) is 1. The molecule has 0 heterocycles. The van der Waals surface area contributed by atoms with Gasteiger partial charge in [-0.25, -0.2) is 0 Å². The fourth-order valence-corrected chi connectivity index (χ4v) is 3.10. The Balaban J connectivity index is 2.96. The molecule has 0 amide bonds. The normalized spacial score (nSPS) is 15.0. The minimum atomic E-state index is 0.0807. The lowest BCUT2D eigenvalue weighted by Gasteiger charge is -2.37. The quantitative estimate of drug-likeness (QED) is 0.793. The number of hydrogen-bond donors (Lipinski definition) is 1. The standard InChI is InChI=1S/C18H30ClNO/c1-7-10-20-16(17(21-6)18(3,4)5)12-14-9-8-13(2)11-15(14)19/h8-9,11,16-17,20H,7,10,12H2,1-6H3. The van der Waals surface area contributed by atoms with Crippen LogP contribution in [-0.2, 0) is 11.2 Å². The largest absolute Gasteiger partial charge is 0.379 e. The second-order valence-corrected chi connectivity index (χ2v) is 7.29. The summed E-state index contributed by atoms with van der Waals surface area (Å²) in [6.45, 7) is 11.9. The van der Waals surface area contributed by atoms with Gasteiger partial charge in [-0.05, 0) is 48.9 Å². The van der Waals surface area contributed by atoms with Crippen LogP contribution in [0.1, 0.15) is 45.2 Å². The molecule has 0 aromatic heterocycles. The number of aryl methyl sites for hydroxylation is 1. The summed E-state index contributed by atoms with van der Waals surface area (Å²) in [6.07, 6.45) is 2.13. The van der Waals surface area contributed by atoms with E-state index in [0.29, 0.717) is 0 Å². The van der Waals surface area contributed by atoms with Crippen LogP contribution in [0.25, 0.3) is 0 Å². The lowest BCUT2D eigenvalue weighted by molar-refractivity contribution is -0.0109. The molecule has 0 aliphatic rings. The monoisotopic (exact) mass is 311 g/mol. The van der Waals surface area contributed by atoms with Crippen molar-refractivity contribution in [3.8, 4) is 0 Å². The van der Waals surface area contributed by atoms with Gasteiger partial charge < -0.3 is 10.1 Å². The van der Waals surface area contributed by atoms with Gasteiger partial charge in [-0.2, -0.15) is 0 Å². The van der Waals surface area contributed by atoms with Crippen LogP contribution in [0, 0.1) is 12.3 Å². The van der Waals surface area contributed by atoms with Crippen molar-refractivity contribution in [2.24, 2.45) is 5.41 Å². The van der Waals surface area contributed by atoms with Crippen LogP contribution in [0.15, 0.2) is 18.2 Å². The Hall–Kier alpha value is -0.570. The maximum absolute atomic E-state index is 6.40. The summed E-state index contributed by atoms with van der Waals surface area (Å²) in [4.78, 5) is 0. The van der Waals surface area contributed by atoms with Gasteiger partial charge >= 0.3 is 0 Å². The molecule has 1 aromatic rings. The highest BCUT2D eigenvalue weighted by atomic mass is 35.5. The minimum absolute atomic E-state index is 0.0807. The second kappa shape index (κ2) is 8.17. The zero-order chi connectivity index (χ0) is 16.0. The van der Waals surface area contributed by atoms with Crippen LogP contribution in [0.4, 0.5) is 0 Å². The van der Waals surface area contributed by atoms with Crippen LogP contribution < -0.4 is 5.32 Å². The highest BCUT2D eigenvalue weighted by molar-refractivity contribution is 6.31. The highest BCUT2D eigenvalue weighted by Crippen LogP contribution is 2.28. The van der Waals surface area contributed by atoms with E-state index in [1.165, 1.54) is 11.1 Å². The smallest absolute Gasteiger partial charge is 0.0775 e. The van der Waals surface area contributed by atoms with Gasteiger partial charge in [0.1, 0.15) is 0 Å². The van der Waals surface area contributed by atoms with Crippen molar-refractivity contribution < 1.29 is 4.74 Å². The Morgan fingerprint density at radius 2 is 1.95 bits per heavy atom. The van der Waals surface area contributed by atoms with E-state index in [2.05, 4.69) is 52.1 Å². The van der Waals surface area contributed by atoms with Gasteiger partial charge in [0, 0.05) is 18.2 Å². The summed E-state index contributed by atoms with van der Waals surface area (Å²) in [7, 11) is 1.80. The van der Waals surface area contributed by atoms with E-state index in [-0.39, 0.29) is 17.6 Å². The van der Waals surface area contributed by atoms with Crippen molar-refractivity contribution in [1.82, 2.24) is 5.32 Å². The molecular weight excluding hydrogens is 282 g/mol. The zero-order valence-corrected chi connectivity index (χ0v) is 15.1. The van der Waals surface area contributed by atoms with E-state index < -0.39 is 0 Å². The molecule has 0 fully saturated rings. The van der Waals surface area contributed by atoms with Gasteiger partial charge in [-0.1, -0.05) is 51.4 Å². The van der Waals surface area contributed by atoms with Gasteiger partial charge in [0.25, 0.3) is 0 Å². The summed E-state index contributed by atoms with van der Waals surface area (Å²) < 4.78 is 5.80. The first kappa shape index (κ1) is 18.5. The lowest BCUT2D eigenvalue weighted by Crippen LogP contribution is -2.49. The van der Waals surface area contributed by atoms with Crippen molar-refractivity contribution >= 4 is 11.6 Å². The van der Waals surface area contributed by atoms with E-state index >= 15 is 0 Å². The van der Waals surface area contributed by atoms with E-state index in [4.69, 9.17) is 16.3 Å². The lowest BCUT2D eigenvalue weighted by atomic mass is 9.82. The van der Waals surface area contributed by atoms with Crippen molar-refractivity contribution in [2.75, 3.05) is 13.7 Å². The summed E-state index contributed by atoms with van der Waals surface area (Å²) in [5.41, 5.74) is 2.46. The topological polar surface area (TPSA) is 21.3 Å². The average molecular weight is 312 g/mol. The van der Waals surface area contributed by atoms with Gasteiger partial charge in [-0.3, -0.25) is 0 Å². The molecule has 3 heteroatoms. The first-order valence-electron chi connectivity index (χ1n) is 7.80. The SMILES string of the molecule is CCCNC(Cc1ccc(C)cc1Cl)C(OC)C(C)(C)C. The predicted octanol–water partition coefficient (Wildman–Crippen LogP) is 4.62. The first-order chi connectivity index (χ1) is 9.79. The predicted molar refractivity (Wildman–Crippen MR) is 92.2 cm³/mol. The summed E-state index contributed by atoms with van der Waals surface area (Å²) in [6, 6.07) is 6.55. The molecule has 1 N–H and O–H groups in total. The van der Waals surface area contributed by atoms with Crippen LogP contribution in [-0.4, -0.2) is 25.8 Å². The van der Waals surface area contributed by atoms with E-state index in [1.807, 2.05) is 6.07 Å². The van der Waals surface area contributed by atoms with Gasteiger partial charge in [-0.15, -0.1) is 0 Å². The maximum atomic E-state index is 6.40. The Morgan fingerprint density at radius 3 is 2.43 bits per heavy atom. The molecule has 0 saturated heterocycles. The molecule has 1 aromatic carbocycles. The fourth-order valence-electron chi connectivity index (χ4n) is 2.79. The molecular formula is C18H30ClNO. The Labute approximate surface area is 135 Å². The third-order valence-corrected chi connectivity index (χ3v) is 4.13. The third-order valence-electron chi connectivity index (χ3n) is 3.78. The van der Waals surface area contributed by atoms with Crippen molar-refractivity contribution in [3.05, 3.63) is 34.3 Å². The molecule has 2 nitrogen and oxygen atoms in total. The van der Waals surface area contributed by atoms with Crippen LogP contribution in [0.3, 0.4) is 0 Å². The zero-order valence-electron chi connectivity index (χ0n) is 14.3. The van der Waals surface area contributed by atoms with Crippen molar-refractivity contribution in [1.29, 1.82) is 0 Å². The Morgan fingerprint density at radius 1 is 1.29 bits per heavy atom. The second-order valence-electron chi connectivity index (χ2n) is 6.88. The van der Waals surface area contributed by atoms with Crippen molar-refractivity contribution in [3.63, 3.8) is 0 Å². The molecule has 2 atom stereocenters. The number of methoxy groups -OCH3 is 1. The molecule has 0 aliphatic carbocycles. The Bertz CT molecular complexity index is 439. The third kappa shape index (κ3) is 5.61. The summed E-state index contributed by atoms with van der Waals surface area (Å²) >= 11 is 6.40. The van der Waals surface area contributed by atoms with E-state index in [1.54, 1.807) is 7.11 Å². The van der Waals surface area contributed by atoms with Crippen LogP contribution >= 0.6 is 11.6 Å². The Kier molecular flexibility index (Phi) is 7.19. The summed E-state index contributed by atoms with van der Waals surface area (Å²) in [5, 5.41) is 4.48. The van der Waals surface area contributed by atoms with Crippen molar-refractivity contribution in [2.45, 2.75) is 59.6 Å². The molecule has 2 unspecified atom stereocenters. The van der Waals surface area contributed by atoms with Crippen LogP contribution in [0.5, 0.6) is 0 Å². The van der Waals surface area contributed by atoms with E-state index in [0.717, 1.165) is 24.4 Å². The number of halogens is 1. The number of hydrogen-bond acceptors (Lipinski definition) is 2. The molecule has 0 spiro atoms. The molecule has 1 rings (SSSR count). The molecule has 0 radical (unpaired) electrons. The van der Waals surface area contributed by atoms with Gasteiger partial charge in [0.05, 0.1) is 6.10 Å². The molecule has 0 bridgehead atoms.